The van der Waals surface area contributed by atoms with Crippen LogP contribution in [0.1, 0.15) is 33.1 Å². The van der Waals surface area contributed by atoms with Crippen LogP contribution in [-0.4, -0.2) is 11.1 Å². The maximum Gasteiger partial charge on any atom is 0.304 e. The molecule has 0 amide bonds. The number of carboxylic acid groups (broad SMARTS) is 1. The first-order chi connectivity index (χ1) is 5.99. The maximum atomic E-state index is 10.6. The molecule has 13 heavy (non-hydrogen) atoms. The molecule has 1 N–H and O–H groups in total. The van der Waals surface area contributed by atoms with E-state index < -0.39 is 11.4 Å². The predicted molar refractivity (Wildman–Crippen MR) is 47.9 cm³/mol. The summed E-state index contributed by atoms with van der Waals surface area (Å²) in [6, 6.07) is 2.19. The van der Waals surface area contributed by atoms with Crippen molar-refractivity contribution in [3.8, 4) is 6.07 Å². The van der Waals surface area contributed by atoms with E-state index >= 15 is 0 Å². The molecule has 0 bridgehead atoms. The van der Waals surface area contributed by atoms with E-state index in [0.29, 0.717) is 11.8 Å². The Morgan fingerprint density at radius 1 is 1.54 bits per heavy atom. The molecule has 0 aromatic rings. The Morgan fingerprint density at radius 3 is 2.31 bits per heavy atom. The van der Waals surface area contributed by atoms with Crippen LogP contribution in [0.2, 0.25) is 0 Å². The van der Waals surface area contributed by atoms with Crippen LogP contribution in [0.5, 0.6) is 0 Å². The second-order valence-electron chi connectivity index (χ2n) is 4.33. The number of carboxylic acids is 1. The summed E-state index contributed by atoms with van der Waals surface area (Å²) in [7, 11) is 0. The van der Waals surface area contributed by atoms with Gasteiger partial charge >= 0.3 is 5.97 Å². The molecule has 1 saturated carbocycles. The third-order valence-electron chi connectivity index (χ3n) is 3.12. The number of rotatable bonds is 2. The predicted octanol–water partition coefficient (Wildman–Crippen LogP) is 2.04. The summed E-state index contributed by atoms with van der Waals surface area (Å²) < 4.78 is 0. The highest BCUT2D eigenvalue weighted by Gasteiger charge is 2.43. The summed E-state index contributed by atoms with van der Waals surface area (Å²) in [5.41, 5.74) is -0.593. The molecule has 1 rings (SSSR count). The Morgan fingerprint density at radius 2 is 2.00 bits per heavy atom. The summed E-state index contributed by atoms with van der Waals surface area (Å²) in [6.45, 7) is 4.18. The van der Waals surface area contributed by atoms with Crippen molar-refractivity contribution in [1.29, 1.82) is 5.26 Å². The van der Waals surface area contributed by atoms with E-state index in [9.17, 15) is 4.79 Å². The van der Waals surface area contributed by atoms with Crippen molar-refractivity contribution in [2.75, 3.05) is 0 Å². The van der Waals surface area contributed by atoms with Gasteiger partial charge in [0.2, 0.25) is 0 Å². The van der Waals surface area contributed by atoms with Crippen LogP contribution < -0.4 is 0 Å². The molecule has 3 nitrogen and oxygen atoms in total. The Kier molecular flexibility index (Phi) is 2.60. The smallest absolute Gasteiger partial charge is 0.304 e. The average Bonchev–Trinajstić information content (AvgIpc) is 2.27. The second-order valence-corrected chi connectivity index (χ2v) is 4.33. The minimum absolute atomic E-state index is 0.00181. The fourth-order valence-corrected chi connectivity index (χ4v) is 2.28. The van der Waals surface area contributed by atoms with Gasteiger partial charge < -0.3 is 5.11 Å². The molecule has 0 saturated heterocycles. The molecule has 3 heteroatoms. The molecule has 0 unspecified atom stereocenters. The molecule has 1 aliphatic carbocycles. The van der Waals surface area contributed by atoms with Crippen LogP contribution in [0.15, 0.2) is 0 Å². The topological polar surface area (TPSA) is 61.1 Å². The van der Waals surface area contributed by atoms with Crippen molar-refractivity contribution in [2.24, 2.45) is 17.3 Å². The summed E-state index contributed by atoms with van der Waals surface area (Å²) in [5.74, 6) is 0.0841. The average molecular weight is 181 g/mol. The van der Waals surface area contributed by atoms with Gasteiger partial charge in [-0.2, -0.15) is 5.26 Å². The Labute approximate surface area is 78.4 Å². The van der Waals surface area contributed by atoms with Gasteiger partial charge in [0.15, 0.2) is 0 Å². The van der Waals surface area contributed by atoms with Gasteiger partial charge in [-0.1, -0.05) is 13.8 Å². The Balaban J connectivity index is 2.75. The molecular weight excluding hydrogens is 166 g/mol. The molecular formula is C10H15NO2. The van der Waals surface area contributed by atoms with Gasteiger partial charge in [0, 0.05) is 0 Å². The van der Waals surface area contributed by atoms with Crippen LogP contribution in [0, 0.1) is 28.6 Å². The number of hydrogen-bond donors (Lipinski definition) is 1. The van der Waals surface area contributed by atoms with Gasteiger partial charge in [0.25, 0.3) is 0 Å². The lowest BCUT2D eigenvalue weighted by Crippen LogP contribution is -2.19. The van der Waals surface area contributed by atoms with Gasteiger partial charge in [-0.05, 0) is 24.7 Å². The monoisotopic (exact) mass is 181 g/mol. The number of nitriles is 1. The van der Waals surface area contributed by atoms with Crippen LogP contribution in [-0.2, 0) is 4.79 Å². The molecule has 0 spiro atoms. The molecule has 72 valence electrons. The van der Waals surface area contributed by atoms with Crippen LogP contribution in [0.3, 0.4) is 0 Å². The van der Waals surface area contributed by atoms with Gasteiger partial charge in [0.05, 0.1) is 17.9 Å². The van der Waals surface area contributed by atoms with E-state index in [1.165, 1.54) is 0 Å². The molecule has 0 aromatic carbocycles. The van der Waals surface area contributed by atoms with E-state index in [-0.39, 0.29) is 6.42 Å². The first kappa shape index (κ1) is 10.0. The van der Waals surface area contributed by atoms with Gasteiger partial charge in [-0.25, -0.2) is 0 Å². The lowest BCUT2D eigenvalue weighted by Gasteiger charge is -2.17. The van der Waals surface area contributed by atoms with Gasteiger partial charge in [0.1, 0.15) is 0 Å². The fourth-order valence-electron chi connectivity index (χ4n) is 2.28. The number of hydrogen-bond acceptors (Lipinski definition) is 2. The molecule has 1 aliphatic rings. The summed E-state index contributed by atoms with van der Waals surface area (Å²) in [4.78, 5) is 10.6. The minimum Gasteiger partial charge on any atom is -0.481 e. The zero-order valence-electron chi connectivity index (χ0n) is 8.08. The number of carbonyl (C=O) groups is 1. The quantitative estimate of drug-likeness (QED) is 0.709. The van der Waals surface area contributed by atoms with E-state index in [0.717, 1.165) is 12.8 Å². The number of nitrogens with zero attached hydrogens (tertiary/aromatic N) is 1. The maximum absolute atomic E-state index is 10.6. The lowest BCUT2D eigenvalue weighted by atomic mass is 9.83. The molecule has 0 radical (unpaired) electrons. The first-order valence-corrected chi connectivity index (χ1v) is 4.62. The third kappa shape index (κ3) is 2.00. The van der Waals surface area contributed by atoms with Gasteiger partial charge in [-0.15, -0.1) is 0 Å². The van der Waals surface area contributed by atoms with Crippen molar-refractivity contribution in [3.05, 3.63) is 0 Å². The first-order valence-electron chi connectivity index (χ1n) is 4.62. The van der Waals surface area contributed by atoms with Gasteiger partial charge in [-0.3, -0.25) is 4.79 Å². The molecule has 0 heterocycles. The highest BCUT2D eigenvalue weighted by Crippen LogP contribution is 2.47. The van der Waals surface area contributed by atoms with E-state index in [2.05, 4.69) is 19.9 Å². The van der Waals surface area contributed by atoms with Crippen molar-refractivity contribution >= 4 is 5.97 Å². The molecule has 0 aliphatic heterocycles. The van der Waals surface area contributed by atoms with Crippen molar-refractivity contribution in [2.45, 2.75) is 33.1 Å². The Hall–Kier alpha value is -1.04. The van der Waals surface area contributed by atoms with E-state index in [1.807, 2.05) is 0 Å². The van der Waals surface area contributed by atoms with E-state index in [1.54, 1.807) is 0 Å². The molecule has 0 aromatic heterocycles. The third-order valence-corrected chi connectivity index (χ3v) is 3.12. The number of aliphatic carboxylic acids is 1. The zero-order valence-corrected chi connectivity index (χ0v) is 8.08. The van der Waals surface area contributed by atoms with Crippen molar-refractivity contribution in [3.63, 3.8) is 0 Å². The van der Waals surface area contributed by atoms with Crippen molar-refractivity contribution in [1.82, 2.24) is 0 Å². The standard InChI is InChI=1S/C10H15NO2/c1-7-3-10(6-11,4-8(7)2)5-9(12)13/h7-8H,3-5H2,1-2H3,(H,12,13)/t7-,8-/m0/s1. The second kappa shape index (κ2) is 3.37. The zero-order chi connectivity index (χ0) is 10.1. The molecule has 2 atom stereocenters. The minimum atomic E-state index is -0.858. The van der Waals surface area contributed by atoms with E-state index in [4.69, 9.17) is 10.4 Å². The highest BCUT2D eigenvalue weighted by molar-refractivity contribution is 5.68. The van der Waals surface area contributed by atoms with Crippen molar-refractivity contribution < 1.29 is 9.90 Å². The largest absolute Gasteiger partial charge is 0.481 e. The summed E-state index contributed by atoms with van der Waals surface area (Å²) in [6.07, 6.45) is 1.46. The summed E-state index contributed by atoms with van der Waals surface area (Å²) in [5, 5.41) is 17.7. The normalized spacial score (nSPS) is 31.2. The van der Waals surface area contributed by atoms with Crippen LogP contribution >= 0.6 is 0 Å². The van der Waals surface area contributed by atoms with Crippen LogP contribution in [0.4, 0.5) is 0 Å². The Bertz CT molecular complexity index is 244. The highest BCUT2D eigenvalue weighted by atomic mass is 16.4. The fraction of sp³-hybridized carbons (Fsp3) is 0.800. The summed E-state index contributed by atoms with van der Waals surface area (Å²) >= 11 is 0. The van der Waals surface area contributed by atoms with Crippen LogP contribution in [0.25, 0.3) is 0 Å². The molecule has 1 fully saturated rings. The lowest BCUT2D eigenvalue weighted by molar-refractivity contribution is -0.138. The SMILES string of the molecule is C[C@H]1CC(C#N)(CC(=O)O)C[C@@H]1C.